The molecule has 0 aromatic heterocycles. The molecule has 1 aliphatic carbocycles. The van der Waals surface area contributed by atoms with E-state index in [2.05, 4.69) is 4.90 Å². The molecule has 1 amide bonds. The van der Waals surface area contributed by atoms with Crippen molar-refractivity contribution in [2.75, 3.05) is 31.1 Å². The number of carbonyl (C=O) groups is 1. The number of hydrogen-bond donors (Lipinski definition) is 1. The number of benzene rings is 1. The lowest BCUT2D eigenvalue weighted by Gasteiger charge is -2.37. The van der Waals surface area contributed by atoms with E-state index < -0.39 is 0 Å². The van der Waals surface area contributed by atoms with E-state index >= 15 is 0 Å². The Hall–Kier alpha value is -2.23. The van der Waals surface area contributed by atoms with Crippen LogP contribution in [0.3, 0.4) is 0 Å². The zero-order valence-electron chi connectivity index (χ0n) is 11.3. The highest BCUT2D eigenvalue weighted by Gasteiger charge is 2.26. The van der Waals surface area contributed by atoms with E-state index in [1.165, 1.54) is 0 Å². The highest BCUT2D eigenvalue weighted by atomic mass is 16.3. The molecule has 0 saturated carbocycles. The lowest BCUT2D eigenvalue weighted by molar-refractivity contribution is -0.132. The maximum absolute atomic E-state index is 12.3. The van der Waals surface area contributed by atoms with Gasteiger partial charge in [-0.25, -0.2) is 0 Å². The second-order valence-corrected chi connectivity index (χ2v) is 5.10. The normalized spacial score (nSPS) is 18.8. The van der Waals surface area contributed by atoms with Gasteiger partial charge in [0.25, 0.3) is 0 Å². The molecular formula is C16H18N2O2. The summed E-state index contributed by atoms with van der Waals surface area (Å²) in [5.74, 6) is 0.382. The summed E-state index contributed by atoms with van der Waals surface area (Å²) in [5, 5.41) is 9.87. The van der Waals surface area contributed by atoms with E-state index in [0.29, 0.717) is 18.8 Å². The molecule has 1 saturated heterocycles. The summed E-state index contributed by atoms with van der Waals surface area (Å²) in [4.78, 5) is 16.3. The minimum absolute atomic E-state index is 0.0910. The van der Waals surface area contributed by atoms with Crippen LogP contribution < -0.4 is 4.90 Å². The third kappa shape index (κ3) is 2.41. The van der Waals surface area contributed by atoms with Crippen LogP contribution in [0.1, 0.15) is 0 Å². The molecule has 1 aromatic carbocycles. The molecule has 0 radical (unpaired) electrons. The molecule has 4 heteroatoms. The first-order valence-corrected chi connectivity index (χ1v) is 6.92. The van der Waals surface area contributed by atoms with Gasteiger partial charge in [0, 0.05) is 26.2 Å². The monoisotopic (exact) mass is 270 g/mol. The standard InChI is InChI=1S/C16H18N2O2/c19-15-8-4-3-7-14(15)17-9-11-18(12-10-17)16(20)13-5-1-2-6-13/h1-8,13,19H,9-12H2. The molecule has 3 rings (SSSR count). The largest absolute Gasteiger partial charge is 0.506 e. The molecule has 2 aliphatic rings. The summed E-state index contributed by atoms with van der Waals surface area (Å²) < 4.78 is 0. The number of nitrogens with zero attached hydrogens (tertiary/aromatic N) is 2. The lowest BCUT2D eigenvalue weighted by Crippen LogP contribution is -2.50. The maximum Gasteiger partial charge on any atom is 0.233 e. The number of para-hydroxylation sites is 2. The van der Waals surface area contributed by atoms with Gasteiger partial charge in [-0.15, -0.1) is 0 Å². The van der Waals surface area contributed by atoms with Crippen molar-refractivity contribution in [3.05, 3.63) is 48.6 Å². The Kier molecular flexibility index (Phi) is 3.46. The summed E-state index contributed by atoms with van der Waals surface area (Å²) in [7, 11) is 0. The first-order chi connectivity index (χ1) is 9.75. The molecule has 0 unspecified atom stereocenters. The molecule has 1 N–H and O–H groups in total. The Morgan fingerprint density at radius 3 is 2.35 bits per heavy atom. The van der Waals surface area contributed by atoms with Crippen molar-refractivity contribution in [3.63, 3.8) is 0 Å². The van der Waals surface area contributed by atoms with Gasteiger partial charge < -0.3 is 14.9 Å². The van der Waals surface area contributed by atoms with Crippen molar-refractivity contribution in [2.24, 2.45) is 5.92 Å². The average Bonchev–Trinajstić information content (AvgIpc) is 3.01. The number of allylic oxidation sites excluding steroid dienone is 2. The van der Waals surface area contributed by atoms with Crippen LogP contribution in [0.4, 0.5) is 5.69 Å². The van der Waals surface area contributed by atoms with E-state index in [-0.39, 0.29) is 11.8 Å². The number of piperazine rings is 1. The van der Waals surface area contributed by atoms with Crippen molar-refractivity contribution >= 4 is 11.6 Å². The zero-order chi connectivity index (χ0) is 13.9. The van der Waals surface area contributed by atoms with Crippen molar-refractivity contribution in [2.45, 2.75) is 0 Å². The molecule has 0 spiro atoms. The third-order valence-electron chi connectivity index (χ3n) is 3.85. The van der Waals surface area contributed by atoms with Crippen LogP contribution >= 0.6 is 0 Å². The first kappa shape index (κ1) is 12.8. The topological polar surface area (TPSA) is 43.8 Å². The van der Waals surface area contributed by atoms with E-state index in [9.17, 15) is 9.90 Å². The van der Waals surface area contributed by atoms with Crippen LogP contribution in [0.5, 0.6) is 5.75 Å². The van der Waals surface area contributed by atoms with E-state index in [1.807, 2.05) is 47.4 Å². The number of carbonyl (C=O) groups excluding carboxylic acids is 1. The Morgan fingerprint density at radius 1 is 1.05 bits per heavy atom. The van der Waals surface area contributed by atoms with E-state index in [0.717, 1.165) is 18.8 Å². The van der Waals surface area contributed by atoms with Crippen molar-refractivity contribution in [1.29, 1.82) is 0 Å². The van der Waals surface area contributed by atoms with Gasteiger partial charge in [-0.1, -0.05) is 36.4 Å². The summed E-state index contributed by atoms with van der Waals surface area (Å²) >= 11 is 0. The second kappa shape index (κ2) is 5.41. The molecule has 20 heavy (non-hydrogen) atoms. The molecule has 0 atom stereocenters. The second-order valence-electron chi connectivity index (χ2n) is 5.10. The van der Waals surface area contributed by atoms with Gasteiger partial charge in [0.05, 0.1) is 11.6 Å². The van der Waals surface area contributed by atoms with Crippen molar-refractivity contribution < 1.29 is 9.90 Å². The Morgan fingerprint density at radius 2 is 1.70 bits per heavy atom. The highest BCUT2D eigenvalue weighted by Crippen LogP contribution is 2.27. The minimum Gasteiger partial charge on any atom is -0.506 e. The fourth-order valence-corrected chi connectivity index (χ4v) is 2.71. The number of phenolic OH excluding ortho intramolecular Hbond substituents is 1. The first-order valence-electron chi connectivity index (χ1n) is 6.92. The predicted molar refractivity (Wildman–Crippen MR) is 78.7 cm³/mol. The quantitative estimate of drug-likeness (QED) is 0.891. The maximum atomic E-state index is 12.3. The summed E-state index contributed by atoms with van der Waals surface area (Å²) in [6.45, 7) is 2.91. The number of phenols is 1. The third-order valence-corrected chi connectivity index (χ3v) is 3.85. The van der Waals surface area contributed by atoms with Crippen LogP contribution in [0.15, 0.2) is 48.6 Å². The molecular weight excluding hydrogens is 252 g/mol. The summed E-state index contributed by atoms with van der Waals surface area (Å²) in [5.41, 5.74) is 0.847. The molecule has 4 nitrogen and oxygen atoms in total. The van der Waals surface area contributed by atoms with Crippen molar-refractivity contribution in [3.8, 4) is 5.75 Å². The fraction of sp³-hybridized carbons (Fsp3) is 0.312. The Bertz CT molecular complexity index is 545. The molecule has 1 aliphatic heterocycles. The van der Waals surface area contributed by atoms with Crippen molar-refractivity contribution in [1.82, 2.24) is 4.90 Å². The van der Waals surface area contributed by atoms with Crippen LogP contribution in [0, 0.1) is 5.92 Å². The molecule has 1 aromatic rings. The Balaban J connectivity index is 1.62. The van der Waals surface area contributed by atoms with Gasteiger partial charge in [0.2, 0.25) is 5.91 Å². The summed E-state index contributed by atoms with van der Waals surface area (Å²) in [6.07, 6.45) is 7.69. The molecule has 104 valence electrons. The highest BCUT2D eigenvalue weighted by molar-refractivity contribution is 5.83. The van der Waals surface area contributed by atoms with Crippen LogP contribution in [-0.4, -0.2) is 42.1 Å². The van der Waals surface area contributed by atoms with E-state index in [1.54, 1.807) is 6.07 Å². The number of hydrogen-bond acceptors (Lipinski definition) is 3. The smallest absolute Gasteiger partial charge is 0.233 e. The summed E-state index contributed by atoms with van der Waals surface area (Å²) in [6, 6.07) is 7.34. The van der Waals surface area contributed by atoms with Gasteiger partial charge in [0.1, 0.15) is 5.75 Å². The minimum atomic E-state index is -0.0910. The van der Waals surface area contributed by atoms with E-state index in [4.69, 9.17) is 0 Å². The SMILES string of the molecule is O=C(C1C=CC=C1)N1CCN(c2ccccc2O)CC1. The van der Waals surface area contributed by atoms with Gasteiger partial charge in [-0.3, -0.25) is 4.79 Å². The molecule has 0 bridgehead atoms. The van der Waals surface area contributed by atoms with Gasteiger partial charge in [-0.05, 0) is 12.1 Å². The van der Waals surface area contributed by atoms with Crippen LogP contribution in [0.25, 0.3) is 0 Å². The zero-order valence-corrected chi connectivity index (χ0v) is 11.3. The lowest BCUT2D eigenvalue weighted by atomic mass is 10.1. The Labute approximate surface area is 118 Å². The average molecular weight is 270 g/mol. The molecule has 1 fully saturated rings. The predicted octanol–water partition coefficient (Wildman–Crippen LogP) is 1.78. The van der Waals surface area contributed by atoms with Crippen LogP contribution in [0.2, 0.25) is 0 Å². The number of rotatable bonds is 2. The van der Waals surface area contributed by atoms with Gasteiger partial charge >= 0.3 is 0 Å². The van der Waals surface area contributed by atoms with Gasteiger partial charge in [-0.2, -0.15) is 0 Å². The van der Waals surface area contributed by atoms with Gasteiger partial charge in [0.15, 0.2) is 0 Å². The van der Waals surface area contributed by atoms with Crippen LogP contribution in [-0.2, 0) is 4.79 Å². The molecule has 1 heterocycles. The number of aromatic hydroxyl groups is 1. The fourth-order valence-electron chi connectivity index (χ4n) is 2.71. The number of anilines is 1. The number of amides is 1.